The van der Waals surface area contributed by atoms with E-state index in [-0.39, 0.29) is 18.5 Å². The van der Waals surface area contributed by atoms with Crippen LogP contribution in [0.2, 0.25) is 0 Å². The predicted octanol–water partition coefficient (Wildman–Crippen LogP) is 3.79. The topological polar surface area (TPSA) is 55.8 Å². The Morgan fingerprint density at radius 2 is 1.81 bits per heavy atom. The van der Waals surface area contributed by atoms with E-state index < -0.39 is 17.7 Å². The number of esters is 1. The molecule has 0 radical (unpaired) electrons. The van der Waals surface area contributed by atoms with Gasteiger partial charge in [0.15, 0.2) is 0 Å². The third-order valence-corrected chi connectivity index (χ3v) is 5.88. The highest BCUT2D eigenvalue weighted by Gasteiger charge is 2.59. The van der Waals surface area contributed by atoms with Crippen LogP contribution in [-0.2, 0) is 20.9 Å². The Morgan fingerprint density at radius 3 is 2.52 bits per heavy atom. The number of carbonyl (C=O) groups is 2. The van der Waals surface area contributed by atoms with Gasteiger partial charge in [-0.15, -0.1) is 0 Å². The van der Waals surface area contributed by atoms with Gasteiger partial charge in [-0.25, -0.2) is 9.59 Å². The van der Waals surface area contributed by atoms with Crippen molar-refractivity contribution < 1.29 is 19.1 Å². The Labute approximate surface area is 160 Å². The minimum Gasteiger partial charge on any atom is -0.458 e. The van der Waals surface area contributed by atoms with Crippen molar-refractivity contribution in [2.75, 3.05) is 6.54 Å². The summed E-state index contributed by atoms with van der Waals surface area (Å²) in [5.41, 5.74) is 0.350. The lowest BCUT2D eigenvalue weighted by molar-refractivity contribution is -0.161. The first-order chi connectivity index (χ1) is 12.8. The summed E-state index contributed by atoms with van der Waals surface area (Å²) >= 11 is 0. The quantitative estimate of drug-likeness (QED) is 0.601. The maximum Gasteiger partial charge on any atom is 0.410 e. The fourth-order valence-electron chi connectivity index (χ4n) is 4.87. The SMILES string of the molecule is CC(C)(C)OC(=O)[C@@H]1[C@@H]2[C@H](CN1C(=O)OCc1ccccc1)[C@@H]1C=C[C@H]2C1. The average molecular weight is 369 g/mol. The molecule has 5 atom stereocenters. The van der Waals surface area contributed by atoms with Gasteiger partial charge in [-0.05, 0) is 50.5 Å². The lowest BCUT2D eigenvalue weighted by Crippen LogP contribution is -2.47. The van der Waals surface area contributed by atoms with Gasteiger partial charge in [0.2, 0.25) is 0 Å². The summed E-state index contributed by atoms with van der Waals surface area (Å²) < 4.78 is 11.2. The Kier molecular flexibility index (Phi) is 4.49. The highest BCUT2D eigenvalue weighted by molar-refractivity contribution is 5.83. The molecule has 2 aliphatic carbocycles. The molecule has 1 saturated carbocycles. The first-order valence-electron chi connectivity index (χ1n) is 9.72. The second kappa shape index (κ2) is 6.70. The minimum atomic E-state index is -0.581. The van der Waals surface area contributed by atoms with E-state index in [9.17, 15) is 9.59 Å². The molecule has 3 aliphatic rings. The van der Waals surface area contributed by atoms with Crippen molar-refractivity contribution in [1.29, 1.82) is 0 Å². The number of nitrogens with zero attached hydrogens (tertiary/aromatic N) is 1. The summed E-state index contributed by atoms with van der Waals surface area (Å²) in [6, 6.07) is 9.03. The Bertz CT molecular complexity index is 751. The number of ether oxygens (including phenoxy) is 2. The lowest BCUT2D eigenvalue weighted by atomic mass is 9.82. The van der Waals surface area contributed by atoms with Gasteiger partial charge in [0.05, 0.1) is 0 Å². The molecule has 0 unspecified atom stereocenters. The fraction of sp³-hybridized carbons (Fsp3) is 0.545. The van der Waals surface area contributed by atoms with Crippen molar-refractivity contribution in [1.82, 2.24) is 4.90 Å². The van der Waals surface area contributed by atoms with Crippen LogP contribution < -0.4 is 0 Å². The molecule has 0 aromatic heterocycles. The van der Waals surface area contributed by atoms with E-state index in [2.05, 4.69) is 12.2 Å². The largest absolute Gasteiger partial charge is 0.458 e. The molecule has 2 bridgehead atoms. The summed E-state index contributed by atoms with van der Waals surface area (Å²) in [7, 11) is 0. The molecule has 1 saturated heterocycles. The van der Waals surface area contributed by atoms with Crippen molar-refractivity contribution in [2.24, 2.45) is 23.7 Å². The second-order valence-corrected chi connectivity index (χ2v) is 8.86. The molecule has 0 spiro atoms. The van der Waals surface area contributed by atoms with Gasteiger partial charge in [-0.2, -0.15) is 0 Å². The molecule has 144 valence electrons. The summed E-state index contributed by atoms with van der Waals surface area (Å²) in [6.45, 7) is 6.34. The van der Waals surface area contributed by atoms with E-state index >= 15 is 0 Å². The van der Waals surface area contributed by atoms with Crippen LogP contribution in [0.3, 0.4) is 0 Å². The van der Waals surface area contributed by atoms with Crippen LogP contribution in [0.1, 0.15) is 32.8 Å². The van der Waals surface area contributed by atoms with Crippen molar-refractivity contribution in [3.8, 4) is 0 Å². The number of allylic oxidation sites excluding steroid dienone is 2. The average Bonchev–Trinajstić information content (AvgIpc) is 3.30. The summed E-state index contributed by atoms with van der Waals surface area (Å²) in [5.74, 6) is 0.954. The normalized spacial score (nSPS) is 31.1. The number of hydrogen-bond donors (Lipinski definition) is 0. The van der Waals surface area contributed by atoms with Crippen molar-refractivity contribution >= 4 is 12.1 Å². The molecule has 1 aromatic carbocycles. The molecule has 1 heterocycles. The maximum absolute atomic E-state index is 13.0. The van der Waals surface area contributed by atoms with Crippen LogP contribution in [0.4, 0.5) is 4.79 Å². The molecule has 1 aliphatic heterocycles. The molecule has 4 rings (SSSR count). The van der Waals surface area contributed by atoms with Crippen LogP contribution in [0.25, 0.3) is 0 Å². The Hall–Kier alpha value is -2.30. The molecular formula is C22H27NO4. The zero-order chi connectivity index (χ0) is 19.2. The number of rotatable bonds is 3. The molecule has 2 fully saturated rings. The molecule has 27 heavy (non-hydrogen) atoms. The number of carbonyl (C=O) groups excluding carboxylic acids is 2. The van der Waals surface area contributed by atoms with Crippen molar-refractivity contribution in [2.45, 2.75) is 45.4 Å². The van der Waals surface area contributed by atoms with Gasteiger partial charge >= 0.3 is 12.1 Å². The maximum atomic E-state index is 13.0. The van der Waals surface area contributed by atoms with E-state index in [0.29, 0.717) is 24.3 Å². The van der Waals surface area contributed by atoms with Crippen LogP contribution in [0.15, 0.2) is 42.5 Å². The van der Waals surface area contributed by atoms with E-state index in [0.717, 1.165) is 12.0 Å². The number of benzene rings is 1. The van der Waals surface area contributed by atoms with Gasteiger partial charge in [-0.1, -0.05) is 42.5 Å². The number of likely N-dealkylation sites (tertiary alicyclic amines) is 1. The summed E-state index contributed by atoms with van der Waals surface area (Å²) in [4.78, 5) is 27.4. The minimum absolute atomic E-state index is 0.138. The predicted molar refractivity (Wildman–Crippen MR) is 101 cm³/mol. The van der Waals surface area contributed by atoms with Gasteiger partial charge in [0.25, 0.3) is 0 Å². The lowest BCUT2D eigenvalue weighted by Gasteiger charge is -2.30. The zero-order valence-electron chi connectivity index (χ0n) is 16.1. The van der Waals surface area contributed by atoms with E-state index in [4.69, 9.17) is 9.47 Å². The van der Waals surface area contributed by atoms with Gasteiger partial charge < -0.3 is 9.47 Å². The van der Waals surface area contributed by atoms with Crippen LogP contribution >= 0.6 is 0 Å². The smallest absolute Gasteiger partial charge is 0.410 e. The molecule has 5 nitrogen and oxygen atoms in total. The zero-order valence-corrected chi connectivity index (χ0v) is 16.1. The highest BCUT2D eigenvalue weighted by atomic mass is 16.6. The molecule has 1 amide bonds. The third-order valence-electron chi connectivity index (χ3n) is 5.88. The van der Waals surface area contributed by atoms with E-state index in [1.54, 1.807) is 4.90 Å². The van der Waals surface area contributed by atoms with Gasteiger partial charge in [0.1, 0.15) is 18.2 Å². The van der Waals surface area contributed by atoms with Crippen LogP contribution in [-0.4, -0.2) is 35.2 Å². The Balaban J connectivity index is 1.51. The molecule has 5 heteroatoms. The summed E-state index contributed by atoms with van der Waals surface area (Å²) in [6.07, 6.45) is 5.11. The van der Waals surface area contributed by atoms with Crippen LogP contribution in [0, 0.1) is 23.7 Å². The fourth-order valence-corrected chi connectivity index (χ4v) is 4.87. The van der Waals surface area contributed by atoms with E-state index in [1.807, 2.05) is 51.1 Å². The third kappa shape index (κ3) is 3.47. The molecule has 0 N–H and O–H groups in total. The van der Waals surface area contributed by atoms with Gasteiger partial charge in [0, 0.05) is 12.5 Å². The first kappa shape index (κ1) is 18.1. The van der Waals surface area contributed by atoms with Crippen molar-refractivity contribution in [3.63, 3.8) is 0 Å². The van der Waals surface area contributed by atoms with Gasteiger partial charge in [-0.3, -0.25) is 4.90 Å². The molecular weight excluding hydrogens is 342 g/mol. The monoisotopic (exact) mass is 369 g/mol. The first-order valence-corrected chi connectivity index (χ1v) is 9.72. The number of amides is 1. The molecule has 1 aromatic rings. The van der Waals surface area contributed by atoms with E-state index in [1.165, 1.54) is 0 Å². The van der Waals surface area contributed by atoms with Crippen LogP contribution in [0.5, 0.6) is 0 Å². The second-order valence-electron chi connectivity index (χ2n) is 8.86. The number of fused-ring (bicyclic) bond motifs is 5. The summed E-state index contributed by atoms with van der Waals surface area (Å²) in [5, 5.41) is 0. The number of hydrogen-bond acceptors (Lipinski definition) is 4. The highest BCUT2D eigenvalue weighted by Crippen LogP contribution is 2.54. The van der Waals surface area contributed by atoms with Crippen molar-refractivity contribution in [3.05, 3.63) is 48.0 Å². The Morgan fingerprint density at radius 1 is 1.11 bits per heavy atom. The standard InChI is InChI=1S/C22H27NO4/c1-22(2,3)27-20(24)19-18-16-10-9-15(11-16)17(18)12-23(19)21(25)26-13-14-7-5-4-6-8-14/h4-10,15-19H,11-13H2,1-3H3/t15-,16+,17-,18+,19+/m1/s1.